The second-order valence-corrected chi connectivity index (χ2v) is 8.33. The molecule has 6 heteroatoms. The summed E-state index contributed by atoms with van der Waals surface area (Å²) in [5, 5.41) is 4.91. The Kier molecular flexibility index (Phi) is 7.05. The highest BCUT2D eigenvalue weighted by molar-refractivity contribution is 9.10. The summed E-state index contributed by atoms with van der Waals surface area (Å²) >= 11 is 3.36. The predicted octanol–water partition coefficient (Wildman–Crippen LogP) is 6.29. The highest BCUT2D eigenvalue weighted by Gasteiger charge is 2.18. The third kappa shape index (κ3) is 5.41. The highest BCUT2D eigenvalue weighted by Crippen LogP contribution is 2.28. The molecule has 0 saturated carbocycles. The molecule has 0 radical (unpaired) electrons. The molecule has 0 saturated heterocycles. The highest BCUT2D eigenvalue weighted by atomic mass is 79.9. The maximum Gasteiger partial charge on any atom is 0.262 e. The molecule has 0 aliphatic carbocycles. The average Bonchev–Trinajstić information content (AvgIpc) is 2.85. The molecule has 5 nitrogen and oxygen atoms in total. The number of amides is 2. The normalized spacial score (nSPS) is 10.6. The minimum absolute atomic E-state index is 0.0923. The molecule has 4 aromatic carbocycles. The number of benzene rings is 4. The van der Waals surface area contributed by atoms with Crippen molar-refractivity contribution < 1.29 is 14.3 Å². The molecular weight excluding hydrogens is 480 g/mol. The molecule has 0 heterocycles. The Morgan fingerprint density at radius 3 is 2.30 bits per heavy atom. The van der Waals surface area contributed by atoms with Crippen molar-refractivity contribution in [2.24, 2.45) is 0 Å². The number of halogens is 1. The van der Waals surface area contributed by atoms with Gasteiger partial charge in [-0.3, -0.25) is 9.59 Å². The van der Waals surface area contributed by atoms with Crippen LogP contribution in [0.15, 0.2) is 95.5 Å². The Morgan fingerprint density at radius 1 is 0.879 bits per heavy atom. The van der Waals surface area contributed by atoms with Gasteiger partial charge in [-0.1, -0.05) is 52.3 Å². The summed E-state index contributed by atoms with van der Waals surface area (Å²) in [6.07, 6.45) is 0. The van der Waals surface area contributed by atoms with Crippen molar-refractivity contribution in [2.75, 3.05) is 23.4 Å². The van der Waals surface area contributed by atoms with Gasteiger partial charge in [-0.15, -0.1) is 0 Å². The molecule has 0 bridgehead atoms. The maximum atomic E-state index is 13.3. The van der Waals surface area contributed by atoms with Crippen LogP contribution >= 0.6 is 15.9 Å². The van der Waals surface area contributed by atoms with Crippen LogP contribution < -0.4 is 15.0 Å². The van der Waals surface area contributed by atoms with Gasteiger partial charge < -0.3 is 15.0 Å². The lowest BCUT2D eigenvalue weighted by atomic mass is 10.1. The van der Waals surface area contributed by atoms with E-state index in [4.69, 9.17) is 4.74 Å². The fraction of sp³-hybridized carbons (Fsp3) is 0.111. The zero-order valence-electron chi connectivity index (χ0n) is 18.1. The van der Waals surface area contributed by atoms with Crippen LogP contribution in [0.1, 0.15) is 17.3 Å². The van der Waals surface area contributed by atoms with Crippen molar-refractivity contribution in [2.45, 2.75) is 6.92 Å². The SMILES string of the molecule is CCN(C(=O)c1ccc(NC(=O)COc2ccc(Br)cc2)cc1)c1cccc2ccccc12. The molecule has 0 fully saturated rings. The summed E-state index contributed by atoms with van der Waals surface area (Å²) in [6, 6.07) is 28.1. The summed E-state index contributed by atoms with van der Waals surface area (Å²) in [7, 11) is 0. The van der Waals surface area contributed by atoms with E-state index in [1.165, 1.54) is 0 Å². The van der Waals surface area contributed by atoms with Gasteiger partial charge in [0.25, 0.3) is 11.8 Å². The largest absolute Gasteiger partial charge is 0.484 e. The third-order valence-corrected chi connectivity index (χ3v) is 5.75. The minimum atomic E-state index is -0.275. The molecular formula is C27H23BrN2O3. The Morgan fingerprint density at radius 2 is 1.58 bits per heavy atom. The summed E-state index contributed by atoms with van der Waals surface area (Å²) in [4.78, 5) is 27.2. The lowest BCUT2D eigenvalue weighted by Crippen LogP contribution is -2.30. The lowest BCUT2D eigenvalue weighted by molar-refractivity contribution is -0.118. The van der Waals surface area contributed by atoms with E-state index in [1.54, 1.807) is 41.3 Å². The van der Waals surface area contributed by atoms with Gasteiger partial charge in [0, 0.05) is 27.7 Å². The van der Waals surface area contributed by atoms with Gasteiger partial charge in [0.15, 0.2) is 6.61 Å². The number of nitrogens with zero attached hydrogens (tertiary/aromatic N) is 1. The molecule has 33 heavy (non-hydrogen) atoms. The zero-order chi connectivity index (χ0) is 23.2. The molecule has 0 spiro atoms. The van der Waals surface area contributed by atoms with Crippen LogP contribution in [0.3, 0.4) is 0 Å². The van der Waals surface area contributed by atoms with Crippen LogP contribution in [0.2, 0.25) is 0 Å². The van der Waals surface area contributed by atoms with Crippen molar-refractivity contribution in [3.05, 3.63) is 101 Å². The molecule has 0 aliphatic heterocycles. The third-order valence-electron chi connectivity index (χ3n) is 5.22. The number of carbonyl (C=O) groups is 2. The quantitative estimate of drug-likeness (QED) is 0.323. The van der Waals surface area contributed by atoms with E-state index in [2.05, 4.69) is 21.2 Å². The summed E-state index contributed by atoms with van der Waals surface area (Å²) in [5.41, 5.74) is 2.03. The van der Waals surface area contributed by atoms with Gasteiger partial charge in [0.2, 0.25) is 0 Å². The van der Waals surface area contributed by atoms with Crippen LogP contribution in [-0.4, -0.2) is 25.0 Å². The van der Waals surface area contributed by atoms with E-state index >= 15 is 0 Å². The molecule has 4 rings (SSSR count). The molecule has 0 unspecified atom stereocenters. The van der Waals surface area contributed by atoms with Gasteiger partial charge in [0.1, 0.15) is 5.75 Å². The predicted molar refractivity (Wildman–Crippen MR) is 136 cm³/mol. The number of fused-ring (bicyclic) bond motifs is 1. The van der Waals surface area contributed by atoms with E-state index in [0.717, 1.165) is 20.9 Å². The van der Waals surface area contributed by atoms with Crippen molar-refractivity contribution in [3.63, 3.8) is 0 Å². The van der Waals surface area contributed by atoms with E-state index in [-0.39, 0.29) is 18.4 Å². The Balaban J connectivity index is 1.42. The van der Waals surface area contributed by atoms with Crippen LogP contribution in [0.5, 0.6) is 5.75 Å². The molecule has 4 aromatic rings. The number of ether oxygens (including phenoxy) is 1. The second-order valence-electron chi connectivity index (χ2n) is 7.42. The first-order chi connectivity index (χ1) is 16.0. The van der Waals surface area contributed by atoms with Gasteiger partial charge >= 0.3 is 0 Å². The summed E-state index contributed by atoms with van der Waals surface area (Å²) < 4.78 is 6.43. The van der Waals surface area contributed by atoms with Crippen LogP contribution in [0.25, 0.3) is 10.8 Å². The fourth-order valence-corrected chi connectivity index (χ4v) is 3.86. The minimum Gasteiger partial charge on any atom is -0.484 e. The van der Waals surface area contributed by atoms with Crippen LogP contribution in [0, 0.1) is 0 Å². The number of carbonyl (C=O) groups excluding carboxylic acids is 2. The molecule has 0 aromatic heterocycles. The molecule has 166 valence electrons. The standard InChI is InChI=1S/C27H23BrN2O3/c1-2-30(25-9-5-7-19-6-3-4-8-24(19)25)27(32)20-10-14-22(15-11-20)29-26(31)18-33-23-16-12-21(28)13-17-23/h3-17H,2,18H2,1H3,(H,29,31). The Bertz CT molecular complexity index is 1270. The van der Waals surface area contributed by atoms with Crippen molar-refractivity contribution in [1.29, 1.82) is 0 Å². The van der Waals surface area contributed by atoms with Gasteiger partial charge in [-0.2, -0.15) is 0 Å². The molecule has 2 amide bonds. The Labute approximate surface area is 201 Å². The van der Waals surface area contributed by atoms with Crippen molar-refractivity contribution >= 4 is 49.9 Å². The van der Waals surface area contributed by atoms with Crippen molar-refractivity contribution in [3.8, 4) is 5.75 Å². The number of anilines is 2. The molecule has 1 N–H and O–H groups in total. The number of hydrogen-bond acceptors (Lipinski definition) is 3. The van der Waals surface area contributed by atoms with Gasteiger partial charge in [0.05, 0.1) is 5.69 Å². The van der Waals surface area contributed by atoms with E-state index in [0.29, 0.717) is 23.5 Å². The zero-order valence-corrected chi connectivity index (χ0v) is 19.7. The average molecular weight is 503 g/mol. The fourth-order valence-electron chi connectivity index (χ4n) is 3.60. The van der Waals surface area contributed by atoms with Gasteiger partial charge in [-0.05, 0) is 66.9 Å². The first-order valence-electron chi connectivity index (χ1n) is 10.6. The second kappa shape index (κ2) is 10.3. The number of nitrogens with one attached hydrogen (secondary N) is 1. The van der Waals surface area contributed by atoms with E-state index in [1.807, 2.05) is 61.5 Å². The maximum absolute atomic E-state index is 13.3. The lowest BCUT2D eigenvalue weighted by Gasteiger charge is -2.23. The first kappa shape index (κ1) is 22.6. The van der Waals surface area contributed by atoms with Crippen molar-refractivity contribution in [1.82, 2.24) is 0 Å². The Hall–Kier alpha value is -3.64. The number of rotatable bonds is 7. The first-order valence-corrected chi connectivity index (χ1v) is 11.4. The van der Waals surface area contributed by atoms with E-state index in [9.17, 15) is 9.59 Å². The summed E-state index contributed by atoms with van der Waals surface area (Å²) in [5.74, 6) is 0.246. The monoisotopic (exact) mass is 502 g/mol. The van der Waals surface area contributed by atoms with Gasteiger partial charge in [-0.25, -0.2) is 0 Å². The molecule has 0 aliphatic rings. The van der Waals surface area contributed by atoms with Crippen LogP contribution in [0.4, 0.5) is 11.4 Å². The van der Waals surface area contributed by atoms with Crippen LogP contribution in [-0.2, 0) is 4.79 Å². The smallest absolute Gasteiger partial charge is 0.262 e. The summed E-state index contributed by atoms with van der Waals surface area (Å²) in [6.45, 7) is 2.39. The van der Waals surface area contributed by atoms with E-state index < -0.39 is 0 Å². The topological polar surface area (TPSA) is 58.6 Å². The molecule has 0 atom stereocenters. The number of hydrogen-bond donors (Lipinski definition) is 1.